The number of nitrogens with two attached hydrogens (primary N) is 1. The summed E-state index contributed by atoms with van der Waals surface area (Å²) < 4.78 is 0. The molecule has 2 rings (SSSR count). The normalized spacial score (nSPS) is 13.0. The third-order valence-electron chi connectivity index (χ3n) is 3.73. The second-order valence-electron chi connectivity index (χ2n) is 5.72. The highest BCUT2D eigenvalue weighted by atomic mass is 16.4. The first-order valence-corrected chi connectivity index (χ1v) is 7.70. The molecule has 7 nitrogen and oxygen atoms in total. The summed E-state index contributed by atoms with van der Waals surface area (Å²) in [6.07, 6.45) is 0.242. The number of hydrogen-bond donors (Lipinski definition) is 5. The van der Waals surface area contributed by atoms with Crippen molar-refractivity contribution in [1.29, 1.82) is 0 Å². The first-order valence-electron chi connectivity index (χ1n) is 7.70. The molecule has 0 bridgehead atoms. The van der Waals surface area contributed by atoms with E-state index in [1.165, 1.54) is 18.2 Å². The van der Waals surface area contributed by atoms with Crippen molar-refractivity contribution in [3.8, 4) is 11.5 Å². The molecule has 0 heterocycles. The Bertz CT molecular complexity index is 748. The minimum absolute atomic E-state index is 0.0486. The lowest BCUT2D eigenvalue weighted by Crippen LogP contribution is -2.50. The van der Waals surface area contributed by atoms with Crippen molar-refractivity contribution in [3.63, 3.8) is 0 Å². The summed E-state index contributed by atoms with van der Waals surface area (Å²) >= 11 is 0. The van der Waals surface area contributed by atoms with Crippen LogP contribution in [-0.4, -0.2) is 39.3 Å². The molecule has 2 aromatic carbocycles. The number of nitrogens with one attached hydrogen (secondary N) is 1. The van der Waals surface area contributed by atoms with Gasteiger partial charge in [-0.25, -0.2) is 4.79 Å². The number of rotatable bonds is 7. The van der Waals surface area contributed by atoms with Gasteiger partial charge < -0.3 is 26.4 Å². The van der Waals surface area contributed by atoms with Gasteiger partial charge in [-0.05, 0) is 29.7 Å². The summed E-state index contributed by atoms with van der Waals surface area (Å²) in [5.41, 5.74) is 7.19. The van der Waals surface area contributed by atoms with E-state index in [4.69, 9.17) is 5.73 Å². The van der Waals surface area contributed by atoms with Gasteiger partial charge in [0.1, 0.15) is 6.04 Å². The number of phenols is 2. The van der Waals surface area contributed by atoms with Crippen LogP contribution in [0, 0.1) is 0 Å². The zero-order valence-corrected chi connectivity index (χ0v) is 13.4. The van der Waals surface area contributed by atoms with Gasteiger partial charge in [0.15, 0.2) is 11.5 Å². The third-order valence-corrected chi connectivity index (χ3v) is 3.73. The van der Waals surface area contributed by atoms with Crippen molar-refractivity contribution in [3.05, 3.63) is 59.7 Å². The number of amides is 1. The van der Waals surface area contributed by atoms with E-state index in [2.05, 4.69) is 5.32 Å². The zero-order chi connectivity index (χ0) is 18.4. The Kier molecular flexibility index (Phi) is 5.97. The van der Waals surface area contributed by atoms with Crippen molar-refractivity contribution in [2.75, 3.05) is 0 Å². The number of hydrogen-bond acceptors (Lipinski definition) is 5. The Morgan fingerprint density at radius 1 is 0.960 bits per heavy atom. The lowest BCUT2D eigenvalue weighted by Gasteiger charge is -2.18. The van der Waals surface area contributed by atoms with Crippen LogP contribution >= 0.6 is 0 Å². The smallest absolute Gasteiger partial charge is 0.326 e. The number of phenolic OH excluding ortho intramolecular Hbond substituents is 2. The van der Waals surface area contributed by atoms with Gasteiger partial charge in [0.05, 0.1) is 6.04 Å². The predicted octanol–water partition coefficient (Wildman–Crippen LogP) is 0.780. The minimum atomic E-state index is -1.21. The fourth-order valence-electron chi connectivity index (χ4n) is 2.37. The molecule has 0 radical (unpaired) electrons. The van der Waals surface area contributed by atoms with Crippen molar-refractivity contribution in [2.45, 2.75) is 24.9 Å². The van der Waals surface area contributed by atoms with Gasteiger partial charge in [0.25, 0.3) is 0 Å². The highest BCUT2D eigenvalue weighted by Gasteiger charge is 2.24. The molecule has 132 valence electrons. The maximum atomic E-state index is 12.2. The average molecular weight is 344 g/mol. The number of carbonyl (C=O) groups is 2. The van der Waals surface area contributed by atoms with Crippen LogP contribution in [-0.2, 0) is 22.4 Å². The third kappa shape index (κ3) is 5.22. The molecular formula is C18H20N2O5. The van der Waals surface area contributed by atoms with E-state index in [0.29, 0.717) is 12.0 Å². The maximum Gasteiger partial charge on any atom is 0.326 e. The van der Waals surface area contributed by atoms with E-state index >= 15 is 0 Å². The molecule has 0 aliphatic rings. The number of benzene rings is 2. The van der Waals surface area contributed by atoms with Crippen LogP contribution in [0.5, 0.6) is 11.5 Å². The molecule has 2 atom stereocenters. The quantitative estimate of drug-likeness (QED) is 0.471. The van der Waals surface area contributed by atoms with Gasteiger partial charge in [0, 0.05) is 6.42 Å². The molecule has 0 fully saturated rings. The van der Waals surface area contributed by atoms with E-state index in [0.717, 1.165) is 5.56 Å². The van der Waals surface area contributed by atoms with Crippen LogP contribution in [0.2, 0.25) is 0 Å². The number of carboxylic acids is 1. The average Bonchev–Trinajstić information content (AvgIpc) is 2.58. The monoisotopic (exact) mass is 344 g/mol. The Morgan fingerprint density at radius 3 is 2.24 bits per heavy atom. The summed E-state index contributed by atoms with van der Waals surface area (Å²) in [5, 5.41) is 30.5. The van der Waals surface area contributed by atoms with Gasteiger partial charge in [-0.3, -0.25) is 4.79 Å². The van der Waals surface area contributed by atoms with Crippen molar-refractivity contribution < 1.29 is 24.9 Å². The Morgan fingerprint density at radius 2 is 1.64 bits per heavy atom. The highest BCUT2D eigenvalue weighted by molar-refractivity contribution is 5.87. The summed E-state index contributed by atoms with van der Waals surface area (Å²) in [6, 6.07) is 11.1. The highest BCUT2D eigenvalue weighted by Crippen LogP contribution is 2.25. The Balaban J connectivity index is 2.01. The summed E-state index contributed by atoms with van der Waals surface area (Å²) in [6.45, 7) is 0. The van der Waals surface area contributed by atoms with Gasteiger partial charge in [-0.2, -0.15) is 0 Å². The molecule has 0 spiro atoms. The predicted molar refractivity (Wildman–Crippen MR) is 91.2 cm³/mol. The van der Waals surface area contributed by atoms with E-state index in [9.17, 15) is 24.9 Å². The topological polar surface area (TPSA) is 133 Å². The van der Waals surface area contributed by atoms with E-state index in [1.54, 1.807) is 0 Å². The van der Waals surface area contributed by atoms with Crippen molar-refractivity contribution in [1.82, 2.24) is 5.32 Å². The Hall–Kier alpha value is -3.06. The molecule has 0 unspecified atom stereocenters. The number of carboxylic acid groups (broad SMARTS) is 1. The summed E-state index contributed by atoms with van der Waals surface area (Å²) in [5.74, 6) is -2.44. The number of aromatic hydroxyl groups is 2. The van der Waals surface area contributed by atoms with Crippen LogP contribution in [0.1, 0.15) is 11.1 Å². The van der Waals surface area contributed by atoms with Crippen molar-refractivity contribution >= 4 is 11.9 Å². The molecule has 25 heavy (non-hydrogen) atoms. The van der Waals surface area contributed by atoms with Crippen LogP contribution in [0.25, 0.3) is 0 Å². The van der Waals surface area contributed by atoms with Gasteiger partial charge in [0.2, 0.25) is 5.91 Å². The van der Waals surface area contributed by atoms with Crippen LogP contribution in [0.3, 0.4) is 0 Å². The fraction of sp³-hybridized carbons (Fsp3) is 0.222. The van der Waals surface area contributed by atoms with E-state index < -0.39 is 24.0 Å². The fourth-order valence-corrected chi connectivity index (χ4v) is 2.37. The number of aliphatic carboxylic acids is 1. The van der Waals surface area contributed by atoms with Gasteiger partial charge in [-0.15, -0.1) is 0 Å². The number of carbonyl (C=O) groups excluding carboxylic acids is 1. The zero-order valence-electron chi connectivity index (χ0n) is 13.4. The van der Waals surface area contributed by atoms with Crippen LogP contribution in [0.15, 0.2) is 48.5 Å². The first-order chi connectivity index (χ1) is 11.9. The molecule has 7 heteroatoms. The lowest BCUT2D eigenvalue weighted by molar-refractivity contribution is -0.141. The Labute approximate surface area is 144 Å². The SMILES string of the molecule is N[C@@H](Cc1ccccc1)C(=O)N[C@@H](Cc1ccc(O)c(O)c1)C(=O)O. The van der Waals surface area contributed by atoms with E-state index in [1.807, 2.05) is 30.3 Å². The second kappa shape index (κ2) is 8.16. The second-order valence-corrected chi connectivity index (χ2v) is 5.72. The van der Waals surface area contributed by atoms with Crippen LogP contribution < -0.4 is 11.1 Å². The molecule has 2 aromatic rings. The van der Waals surface area contributed by atoms with E-state index in [-0.39, 0.29) is 17.9 Å². The first kappa shape index (κ1) is 18.3. The standard InChI is InChI=1S/C18H20N2O5/c19-13(8-11-4-2-1-3-5-11)17(23)20-14(18(24)25)9-12-6-7-15(21)16(22)10-12/h1-7,10,13-14,21-22H,8-9,19H2,(H,20,23)(H,24,25)/t13-,14-/m0/s1. The van der Waals surface area contributed by atoms with Gasteiger partial charge in [-0.1, -0.05) is 36.4 Å². The largest absolute Gasteiger partial charge is 0.504 e. The molecule has 0 aliphatic heterocycles. The molecular weight excluding hydrogens is 324 g/mol. The molecule has 0 saturated carbocycles. The molecule has 6 N–H and O–H groups in total. The summed E-state index contributed by atoms with van der Waals surface area (Å²) in [7, 11) is 0. The lowest BCUT2D eigenvalue weighted by atomic mass is 10.0. The van der Waals surface area contributed by atoms with Gasteiger partial charge >= 0.3 is 5.97 Å². The maximum absolute atomic E-state index is 12.2. The molecule has 0 aromatic heterocycles. The van der Waals surface area contributed by atoms with Crippen LogP contribution in [0.4, 0.5) is 0 Å². The minimum Gasteiger partial charge on any atom is -0.504 e. The molecule has 0 aliphatic carbocycles. The van der Waals surface area contributed by atoms with Crippen molar-refractivity contribution in [2.24, 2.45) is 5.73 Å². The summed E-state index contributed by atoms with van der Waals surface area (Å²) in [4.78, 5) is 23.6. The molecule has 1 amide bonds. The molecule has 0 saturated heterocycles.